The highest BCUT2D eigenvalue weighted by Crippen LogP contribution is 2.36. The third-order valence-corrected chi connectivity index (χ3v) is 7.08. The van der Waals surface area contributed by atoms with Crippen LogP contribution in [0.1, 0.15) is 30.5 Å². The van der Waals surface area contributed by atoms with Gasteiger partial charge in [0.25, 0.3) is 0 Å². The van der Waals surface area contributed by atoms with E-state index in [2.05, 4.69) is 22.2 Å². The van der Waals surface area contributed by atoms with Crippen molar-refractivity contribution < 1.29 is 0 Å². The SMILES string of the molecule is C=C(/N=C\c1nc(-c2c(Cl)cccc2Cl)n(CCC2CCNCC2)c1N)NCc1ccc(Cl)cc1. The molecule has 1 aromatic heterocycles. The largest absolute Gasteiger partial charge is 0.383 e. The van der Waals surface area contributed by atoms with Crippen LogP contribution in [0.25, 0.3) is 11.4 Å². The summed E-state index contributed by atoms with van der Waals surface area (Å²) in [7, 11) is 0. The van der Waals surface area contributed by atoms with E-state index < -0.39 is 0 Å². The molecule has 9 heteroatoms. The van der Waals surface area contributed by atoms with E-state index in [1.54, 1.807) is 18.3 Å². The smallest absolute Gasteiger partial charge is 0.145 e. The molecule has 0 radical (unpaired) electrons. The molecule has 35 heavy (non-hydrogen) atoms. The van der Waals surface area contributed by atoms with Crippen LogP contribution in [0.3, 0.4) is 0 Å². The number of anilines is 1. The molecule has 0 saturated carbocycles. The Morgan fingerprint density at radius 3 is 2.51 bits per heavy atom. The number of aromatic nitrogens is 2. The second-order valence-electron chi connectivity index (χ2n) is 8.62. The Hall–Kier alpha value is -2.51. The molecular weight excluding hydrogens is 503 g/mol. The van der Waals surface area contributed by atoms with E-state index in [-0.39, 0.29) is 0 Å². The van der Waals surface area contributed by atoms with Gasteiger partial charge in [-0.3, -0.25) is 0 Å². The lowest BCUT2D eigenvalue weighted by atomic mass is 9.94. The Labute approximate surface area is 221 Å². The summed E-state index contributed by atoms with van der Waals surface area (Å²) < 4.78 is 2.00. The van der Waals surface area contributed by atoms with E-state index >= 15 is 0 Å². The highest BCUT2D eigenvalue weighted by Gasteiger charge is 2.21. The minimum atomic E-state index is 0.501. The van der Waals surface area contributed by atoms with Gasteiger partial charge in [0, 0.05) is 18.1 Å². The first-order valence-corrected chi connectivity index (χ1v) is 12.8. The molecule has 4 rings (SSSR count). The maximum Gasteiger partial charge on any atom is 0.145 e. The highest BCUT2D eigenvalue weighted by atomic mass is 35.5. The zero-order valence-electron chi connectivity index (χ0n) is 19.4. The Kier molecular flexibility index (Phi) is 8.74. The first-order chi connectivity index (χ1) is 16.9. The topological polar surface area (TPSA) is 80.3 Å². The van der Waals surface area contributed by atoms with Gasteiger partial charge in [0.2, 0.25) is 0 Å². The Bertz CT molecular complexity index is 1180. The van der Waals surface area contributed by atoms with Crippen LogP contribution in [0.2, 0.25) is 15.1 Å². The van der Waals surface area contributed by atoms with Crippen LogP contribution < -0.4 is 16.4 Å². The van der Waals surface area contributed by atoms with Gasteiger partial charge in [-0.15, -0.1) is 0 Å². The van der Waals surface area contributed by atoms with Crippen molar-refractivity contribution in [2.24, 2.45) is 10.9 Å². The van der Waals surface area contributed by atoms with Crippen molar-refractivity contribution in [3.8, 4) is 11.4 Å². The van der Waals surface area contributed by atoms with E-state index in [1.807, 2.05) is 34.9 Å². The van der Waals surface area contributed by atoms with Gasteiger partial charge in [0.1, 0.15) is 23.2 Å². The standard InChI is InChI=1S/C26H29Cl3N6/c1-17(32-15-19-5-7-20(27)8-6-19)33-16-23-25(30)35(14-11-18-9-12-31-13-10-18)26(34-23)24-21(28)3-2-4-22(24)29/h2-8,16,18,31-32H,1,9-15,30H2/b33-16-. The Balaban J connectivity index is 1.55. The van der Waals surface area contributed by atoms with Gasteiger partial charge in [-0.25, -0.2) is 9.98 Å². The van der Waals surface area contributed by atoms with Gasteiger partial charge in [-0.05, 0) is 68.1 Å². The molecule has 0 spiro atoms. The number of benzene rings is 2. The van der Waals surface area contributed by atoms with Crippen LogP contribution in [0.5, 0.6) is 0 Å². The maximum absolute atomic E-state index is 6.57. The van der Waals surface area contributed by atoms with E-state index in [1.165, 1.54) is 0 Å². The van der Waals surface area contributed by atoms with Crippen molar-refractivity contribution in [2.45, 2.75) is 32.4 Å². The Morgan fingerprint density at radius 2 is 1.83 bits per heavy atom. The summed E-state index contributed by atoms with van der Waals surface area (Å²) in [4.78, 5) is 9.23. The quantitative estimate of drug-likeness (QED) is 0.289. The third kappa shape index (κ3) is 6.58. The molecule has 1 saturated heterocycles. The number of nitrogen functional groups attached to an aromatic ring is 1. The number of hydrogen-bond acceptors (Lipinski definition) is 5. The minimum Gasteiger partial charge on any atom is -0.383 e. The number of aliphatic imine (C=N–C) groups is 1. The summed E-state index contributed by atoms with van der Waals surface area (Å²) in [6.45, 7) is 7.39. The zero-order valence-corrected chi connectivity index (χ0v) is 21.7. The zero-order chi connectivity index (χ0) is 24.8. The molecule has 0 aliphatic carbocycles. The van der Waals surface area contributed by atoms with Crippen LogP contribution in [0, 0.1) is 5.92 Å². The molecule has 4 N–H and O–H groups in total. The number of imidazole rings is 1. The number of rotatable bonds is 9. The van der Waals surface area contributed by atoms with Gasteiger partial charge in [-0.2, -0.15) is 0 Å². The molecule has 1 aliphatic rings. The van der Waals surface area contributed by atoms with Crippen LogP contribution in [-0.2, 0) is 13.1 Å². The minimum absolute atomic E-state index is 0.501. The molecule has 0 atom stereocenters. The molecule has 2 heterocycles. The molecule has 0 amide bonds. The summed E-state index contributed by atoms with van der Waals surface area (Å²) in [6, 6.07) is 13.0. The molecule has 0 unspecified atom stereocenters. The number of nitrogens with zero attached hydrogens (tertiary/aromatic N) is 3. The Morgan fingerprint density at radius 1 is 1.14 bits per heavy atom. The fourth-order valence-corrected chi connectivity index (χ4v) is 4.87. The van der Waals surface area contributed by atoms with E-state index in [0.717, 1.165) is 44.5 Å². The first-order valence-electron chi connectivity index (χ1n) is 11.6. The van der Waals surface area contributed by atoms with Gasteiger partial charge < -0.3 is 20.9 Å². The lowest BCUT2D eigenvalue weighted by Gasteiger charge is -2.23. The molecule has 1 aliphatic heterocycles. The summed E-state index contributed by atoms with van der Waals surface area (Å²) in [5.74, 6) is 2.31. The molecule has 1 fully saturated rings. The van der Waals surface area contributed by atoms with Crippen molar-refractivity contribution in [3.63, 3.8) is 0 Å². The molecule has 0 bridgehead atoms. The second-order valence-corrected chi connectivity index (χ2v) is 9.87. The van der Waals surface area contributed by atoms with Gasteiger partial charge >= 0.3 is 0 Å². The lowest BCUT2D eigenvalue weighted by Crippen LogP contribution is -2.28. The highest BCUT2D eigenvalue weighted by molar-refractivity contribution is 6.39. The fourth-order valence-electron chi connectivity index (χ4n) is 4.18. The lowest BCUT2D eigenvalue weighted by molar-refractivity contribution is 0.339. The van der Waals surface area contributed by atoms with Crippen molar-refractivity contribution in [1.29, 1.82) is 0 Å². The van der Waals surface area contributed by atoms with Crippen LogP contribution in [0.4, 0.5) is 5.82 Å². The normalized spacial score (nSPS) is 14.5. The van der Waals surface area contributed by atoms with Gasteiger partial charge in [0.05, 0.1) is 21.8 Å². The van der Waals surface area contributed by atoms with Crippen molar-refractivity contribution in [2.75, 3.05) is 18.8 Å². The summed E-state index contributed by atoms with van der Waals surface area (Å²) in [5, 5.41) is 8.36. The van der Waals surface area contributed by atoms with Gasteiger partial charge in [-0.1, -0.05) is 59.6 Å². The van der Waals surface area contributed by atoms with Crippen molar-refractivity contribution >= 4 is 46.8 Å². The van der Waals surface area contributed by atoms with Crippen LogP contribution in [0.15, 0.2) is 59.9 Å². The molecule has 3 aromatic rings. The molecule has 2 aromatic carbocycles. The third-order valence-electron chi connectivity index (χ3n) is 6.19. The number of nitrogens with one attached hydrogen (secondary N) is 2. The van der Waals surface area contributed by atoms with E-state index in [9.17, 15) is 0 Å². The van der Waals surface area contributed by atoms with Crippen LogP contribution in [-0.4, -0.2) is 28.9 Å². The predicted octanol–water partition coefficient (Wildman–Crippen LogP) is 6.16. The average Bonchev–Trinajstić information content (AvgIpc) is 3.16. The number of piperidine rings is 1. The van der Waals surface area contributed by atoms with Crippen molar-refractivity contribution in [1.82, 2.24) is 20.2 Å². The monoisotopic (exact) mass is 530 g/mol. The first kappa shape index (κ1) is 25.6. The van der Waals surface area contributed by atoms with E-state index in [4.69, 9.17) is 45.5 Å². The van der Waals surface area contributed by atoms with Crippen molar-refractivity contribution in [3.05, 3.63) is 81.2 Å². The number of nitrogens with two attached hydrogens (primary N) is 1. The summed E-state index contributed by atoms with van der Waals surface area (Å²) >= 11 is 19.0. The summed E-state index contributed by atoms with van der Waals surface area (Å²) in [6.07, 6.45) is 4.94. The van der Waals surface area contributed by atoms with Crippen LogP contribution >= 0.6 is 34.8 Å². The molecule has 6 nitrogen and oxygen atoms in total. The second kappa shape index (κ2) is 12.0. The van der Waals surface area contributed by atoms with E-state index in [0.29, 0.717) is 56.3 Å². The predicted molar refractivity (Wildman–Crippen MR) is 147 cm³/mol. The maximum atomic E-state index is 6.57. The number of halogens is 3. The fraction of sp³-hybridized carbons (Fsp3) is 0.308. The average molecular weight is 532 g/mol. The summed E-state index contributed by atoms with van der Waals surface area (Å²) in [5.41, 5.74) is 8.87. The number of hydrogen-bond donors (Lipinski definition) is 3. The molecular formula is C26H29Cl3N6. The molecule has 184 valence electrons. The van der Waals surface area contributed by atoms with Gasteiger partial charge in [0.15, 0.2) is 0 Å².